The molecule has 92 valence electrons. The Morgan fingerprint density at radius 3 is 2.76 bits per heavy atom. The van der Waals surface area contributed by atoms with Crippen molar-refractivity contribution < 1.29 is 9.53 Å². The lowest BCUT2D eigenvalue weighted by molar-refractivity contribution is 0.0769. The first-order valence-corrected chi connectivity index (χ1v) is 6.96. The predicted octanol–water partition coefficient (Wildman–Crippen LogP) is 2.54. The van der Waals surface area contributed by atoms with Crippen LogP contribution in [0.15, 0.2) is 18.2 Å². The van der Waals surface area contributed by atoms with Crippen molar-refractivity contribution in [1.29, 1.82) is 0 Å². The zero-order chi connectivity index (χ0) is 12.3. The number of amides is 1. The summed E-state index contributed by atoms with van der Waals surface area (Å²) in [5.41, 5.74) is 0.587. The molecule has 0 N–H and O–H groups in total. The van der Waals surface area contributed by atoms with Gasteiger partial charge in [0.2, 0.25) is 0 Å². The van der Waals surface area contributed by atoms with E-state index in [-0.39, 0.29) is 5.91 Å². The van der Waals surface area contributed by atoms with Crippen molar-refractivity contribution in [3.8, 4) is 5.75 Å². The van der Waals surface area contributed by atoms with Gasteiger partial charge in [-0.1, -0.05) is 11.6 Å². The summed E-state index contributed by atoms with van der Waals surface area (Å²) < 4.78 is 5.20. The molecule has 1 amide bonds. The molecule has 1 aliphatic rings. The average molecular weight is 272 g/mol. The monoisotopic (exact) mass is 271 g/mol. The van der Waals surface area contributed by atoms with E-state index in [9.17, 15) is 4.79 Å². The highest BCUT2D eigenvalue weighted by Crippen LogP contribution is 2.25. The smallest absolute Gasteiger partial charge is 0.257 e. The second kappa shape index (κ2) is 5.65. The van der Waals surface area contributed by atoms with Crippen molar-refractivity contribution >= 4 is 29.3 Å². The normalized spacial score (nSPS) is 15.8. The van der Waals surface area contributed by atoms with Crippen LogP contribution >= 0.6 is 23.4 Å². The molecule has 2 rings (SSSR count). The maximum atomic E-state index is 12.3. The summed E-state index contributed by atoms with van der Waals surface area (Å²) in [5.74, 6) is 2.57. The summed E-state index contributed by atoms with van der Waals surface area (Å²) in [6, 6.07) is 5.12. The van der Waals surface area contributed by atoms with Gasteiger partial charge in [0.15, 0.2) is 0 Å². The van der Waals surface area contributed by atoms with E-state index in [1.54, 1.807) is 25.3 Å². The van der Waals surface area contributed by atoms with Crippen molar-refractivity contribution in [2.45, 2.75) is 0 Å². The van der Waals surface area contributed by atoms with Crippen LogP contribution in [-0.2, 0) is 0 Å². The lowest BCUT2D eigenvalue weighted by Crippen LogP contribution is -2.38. The molecule has 1 heterocycles. The van der Waals surface area contributed by atoms with Gasteiger partial charge in [-0.15, -0.1) is 0 Å². The highest BCUT2D eigenvalue weighted by molar-refractivity contribution is 7.99. The summed E-state index contributed by atoms with van der Waals surface area (Å²) in [6.07, 6.45) is 0. The minimum Gasteiger partial charge on any atom is -0.496 e. The van der Waals surface area contributed by atoms with Gasteiger partial charge < -0.3 is 9.64 Å². The van der Waals surface area contributed by atoms with Crippen LogP contribution in [0.25, 0.3) is 0 Å². The van der Waals surface area contributed by atoms with Crippen LogP contribution in [0.1, 0.15) is 10.4 Å². The fourth-order valence-corrected chi connectivity index (χ4v) is 2.84. The van der Waals surface area contributed by atoms with Gasteiger partial charge >= 0.3 is 0 Å². The number of nitrogens with zero attached hydrogens (tertiary/aromatic N) is 1. The van der Waals surface area contributed by atoms with Gasteiger partial charge in [-0.05, 0) is 18.2 Å². The molecule has 1 saturated heterocycles. The third-order valence-corrected chi connectivity index (χ3v) is 3.87. The molecule has 0 aromatic heterocycles. The Morgan fingerprint density at radius 1 is 1.41 bits per heavy atom. The largest absolute Gasteiger partial charge is 0.496 e. The Labute approximate surface area is 110 Å². The van der Waals surface area contributed by atoms with E-state index in [0.717, 1.165) is 24.6 Å². The lowest BCUT2D eigenvalue weighted by Gasteiger charge is -2.27. The highest BCUT2D eigenvalue weighted by atomic mass is 35.5. The van der Waals surface area contributed by atoms with Crippen molar-refractivity contribution in [3.05, 3.63) is 28.8 Å². The van der Waals surface area contributed by atoms with E-state index in [2.05, 4.69) is 0 Å². The molecular formula is C12H14ClNO2S. The van der Waals surface area contributed by atoms with Crippen LogP contribution < -0.4 is 4.74 Å². The van der Waals surface area contributed by atoms with E-state index in [4.69, 9.17) is 16.3 Å². The Balaban J connectivity index is 2.23. The molecule has 5 heteroatoms. The molecule has 1 aromatic carbocycles. The zero-order valence-electron chi connectivity index (χ0n) is 9.61. The fraction of sp³-hybridized carbons (Fsp3) is 0.417. The first kappa shape index (κ1) is 12.6. The number of ether oxygens (including phenoxy) is 1. The van der Waals surface area contributed by atoms with E-state index >= 15 is 0 Å². The number of methoxy groups -OCH3 is 1. The minimum absolute atomic E-state index is 0.0267. The van der Waals surface area contributed by atoms with Gasteiger partial charge in [0.25, 0.3) is 5.91 Å². The SMILES string of the molecule is COc1cc(Cl)ccc1C(=O)N1CCSCC1. The Hall–Kier alpha value is -0.870. The maximum absolute atomic E-state index is 12.3. The van der Waals surface area contributed by atoms with Gasteiger partial charge in [-0.3, -0.25) is 4.79 Å². The predicted molar refractivity (Wildman–Crippen MR) is 71.2 cm³/mol. The minimum atomic E-state index is 0.0267. The molecule has 3 nitrogen and oxygen atoms in total. The van der Waals surface area contributed by atoms with Gasteiger partial charge in [0.05, 0.1) is 12.7 Å². The Kier molecular flexibility index (Phi) is 4.18. The summed E-state index contributed by atoms with van der Waals surface area (Å²) in [7, 11) is 1.55. The molecule has 0 unspecified atom stereocenters. The van der Waals surface area contributed by atoms with Crippen LogP contribution in [-0.4, -0.2) is 42.5 Å². The molecule has 17 heavy (non-hydrogen) atoms. The summed E-state index contributed by atoms with van der Waals surface area (Å²) in [6.45, 7) is 1.60. The first-order valence-electron chi connectivity index (χ1n) is 5.43. The quantitative estimate of drug-likeness (QED) is 0.828. The van der Waals surface area contributed by atoms with Crippen LogP contribution in [0.4, 0.5) is 0 Å². The van der Waals surface area contributed by atoms with Crippen molar-refractivity contribution in [2.24, 2.45) is 0 Å². The molecule has 0 bridgehead atoms. The Bertz CT molecular complexity index is 419. The maximum Gasteiger partial charge on any atom is 0.257 e. The summed E-state index contributed by atoms with van der Waals surface area (Å²) in [5, 5.41) is 0.576. The molecule has 0 radical (unpaired) electrons. The van der Waals surface area contributed by atoms with Crippen LogP contribution in [0.2, 0.25) is 5.02 Å². The second-order valence-electron chi connectivity index (χ2n) is 3.75. The third-order valence-electron chi connectivity index (χ3n) is 2.69. The van der Waals surface area contributed by atoms with E-state index in [1.807, 2.05) is 16.7 Å². The van der Waals surface area contributed by atoms with E-state index in [0.29, 0.717) is 16.3 Å². The van der Waals surface area contributed by atoms with E-state index < -0.39 is 0 Å². The molecule has 0 saturated carbocycles. The van der Waals surface area contributed by atoms with Gasteiger partial charge in [0.1, 0.15) is 5.75 Å². The average Bonchev–Trinajstić information content (AvgIpc) is 2.39. The molecule has 0 aliphatic carbocycles. The number of hydrogen-bond donors (Lipinski definition) is 0. The molecular weight excluding hydrogens is 258 g/mol. The molecule has 1 fully saturated rings. The van der Waals surface area contributed by atoms with Gasteiger partial charge in [-0.25, -0.2) is 0 Å². The third kappa shape index (κ3) is 2.87. The van der Waals surface area contributed by atoms with Crippen LogP contribution in [0, 0.1) is 0 Å². The van der Waals surface area contributed by atoms with Crippen LogP contribution in [0.3, 0.4) is 0 Å². The zero-order valence-corrected chi connectivity index (χ0v) is 11.2. The van der Waals surface area contributed by atoms with Crippen molar-refractivity contribution in [1.82, 2.24) is 4.90 Å². The number of hydrogen-bond acceptors (Lipinski definition) is 3. The molecule has 0 spiro atoms. The Morgan fingerprint density at radius 2 is 2.12 bits per heavy atom. The number of benzene rings is 1. The number of carbonyl (C=O) groups excluding carboxylic acids is 1. The number of halogens is 1. The first-order chi connectivity index (χ1) is 8.22. The highest BCUT2D eigenvalue weighted by Gasteiger charge is 2.21. The summed E-state index contributed by atoms with van der Waals surface area (Å²) in [4.78, 5) is 14.1. The molecule has 1 aliphatic heterocycles. The number of thioether (sulfide) groups is 1. The number of rotatable bonds is 2. The topological polar surface area (TPSA) is 29.5 Å². The van der Waals surface area contributed by atoms with Crippen LogP contribution in [0.5, 0.6) is 5.75 Å². The second-order valence-corrected chi connectivity index (χ2v) is 5.41. The number of carbonyl (C=O) groups is 1. The van der Waals surface area contributed by atoms with Crippen molar-refractivity contribution in [2.75, 3.05) is 31.7 Å². The van der Waals surface area contributed by atoms with E-state index in [1.165, 1.54) is 0 Å². The fourth-order valence-electron chi connectivity index (χ4n) is 1.78. The van der Waals surface area contributed by atoms with Crippen molar-refractivity contribution in [3.63, 3.8) is 0 Å². The summed E-state index contributed by atoms with van der Waals surface area (Å²) >= 11 is 7.76. The lowest BCUT2D eigenvalue weighted by atomic mass is 10.1. The molecule has 0 atom stereocenters. The standard InChI is InChI=1S/C12H14ClNO2S/c1-16-11-8-9(13)2-3-10(11)12(15)14-4-6-17-7-5-14/h2-3,8H,4-7H2,1H3. The molecule has 1 aromatic rings. The van der Waals surface area contributed by atoms with Gasteiger partial charge in [0, 0.05) is 29.6 Å². The van der Waals surface area contributed by atoms with Gasteiger partial charge in [-0.2, -0.15) is 11.8 Å².